The van der Waals surface area contributed by atoms with Crippen LogP contribution in [0.2, 0.25) is 0 Å². The molecule has 1 N–H and O–H groups in total. The van der Waals surface area contributed by atoms with E-state index in [4.69, 9.17) is 0 Å². The van der Waals surface area contributed by atoms with Gasteiger partial charge < -0.3 is 0 Å². The molecule has 0 amide bonds. The molecule has 1 rings (SSSR count). The van der Waals surface area contributed by atoms with Crippen LogP contribution in [0, 0.1) is 5.92 Å². The Bertz CT molecular complexity index is 164. The second kappa shape index (κ2) is 2.00. The van der Waals surface area contributed by atoms with Gasteiger partial charge in [0.25, 0.3) is 0 Å². The van der Waals surface area contributed by atoms with Crippen LogP contribution in [0.3, 0.4) is 0 Å². The predicted octanol–water partition coefficient (Wildman–Crippen LogP) is 2.75. The summed E-state index contributed by atoms with van der Waals surface area (Å²) < 4.78 is 0. The van der Waals surface area contributed by atoms with Crippen molar-refractivity contribution in [3.63, 3.8) is 0 Å². The first-order valence-electron chi connectivity index (χ1n) is 4.25. The summed E-state index contributed by atoms with van der Waals surface area (Å²) in [6.07, 6.45) is 0. The van der Waals surface area contributed by atoms with Crippen LogP contribution in [0.25, 0.3) is 0 Å². The van der Waals surface area contributed by atoms with Gasteiger partial charge in [-0.15, -0.1) is 0 Å². The Morgan fingerprint density at radius 2 is 1.36 bits per heavy atom. The Kier molecular flexibility index (Phi) is 1.73. The van der Waals surface area contributed by atoms with Crippen molar-refractivity contribution in [2.75, 3.05) is 6.66 Å². The fourth-order valence-corrected chi connectivity index (χ4v) is 5.73. The third-order valence-electron chi connectivity index (χ3n) is 4.36. The first kappa shape index (κ1) is 9.48. The van der Waals surface area contributed by atoms with Crippen molar-refractivity contribution in [2.45, 2.75) is 44.9 Å². The molecule has 1 fully saturated rings. The molecule has 0 unspecified atom stereocenters. The molecule has 0 aromatic heterocycles. The summed E-state index contributed by atoms with van der Waals surface area (Å²) in [4.78, 5) is 10.3. The maximum Gasteiger partial charge on any atom is 0.150 e. The van der Waals surface area contributed by atoms with E-state index >= 15 is 0 Å². The summed E-state index contributed by atoms with van der Waals surface area (Å²) in [5.41, 5.74) is 0. The molecule has 1 saturated heterocycles. The van der Waals surface area contributed by atoms with Gasteiger partial charge in [-0.25, -0.2) is 0 Å². The first-order valence-corrected chi connectivity index (χ1v) is 6.44. The Morgan fingerprint density at radius 1 is 1.09 bits per heavy atom. The summed E-state index contributed by atoms with van der Waals surface area (Å²) in [5.74, 6) is 0.637. The van der Waals surface area contributed by atoms with Gasteiger partial charge in [0.15, 0.2) is 7.49 Å². The van der Waals surface area contributed by atoms with E-state index in [0.29, 0.717) is 5.92 Å². The molecule has 66 valence electrons. The lowest BCUT2D eigenvalue weighted by atomic mass is 9.83. The van der Waals surface area contributed by atoms with Crippen LogP contribution < -0.4 is 0 Å². The summed E-state index contributed by atoms with van der Waals surface area (Å²) >= 11 is 0. The number of rotatable bonds is 0. The average molecular weight is 175 g/mol. The Balaban J connectivity index is 2.98. The highest BCUT2D eigenvalue weighted by atomic mass is 31.2. The molecule has 0 aromatic rings. The van der Waals surface area contributed by atoms with E-state index in [1.54, 1.807) is 0 Å². The van der Waals surface area contributed by atoms with Crippen LogP contribution in [0.4, 0.5) is 0 Å². The molecule has 11 heavy (non-hydrogen) atoms. The second-order valence-electron chi connectivity index (χ2n) is 4.99. The topological polar surface area (TPSA) is 20.2 Å². The summed E-state index contributed by atoms with van der Waals surface area (Å²) in [5, 5.41) is 0.354. The summed E-state index contributed by atoms with van der Waals surface area (Å²) in [6, 6.07) is 0. The lowest BCUT2D eigenvalue weighted by Crippen LogP contribution is -2.60. The first-order chi connectivity index (χ1) is 4.65. The minimum atomic E-state index is -1.68. The van der Waals surface area contributed by atoms with Gasteiger partial charge in [0.05, 0.1) is 6.66 Å². The van der Waals surface area contributed by atoms with Crippen LogP contribution in [0.5, 0.6) is 0 Å². The highest BCUT2D eigenvalue weighted by molar-refractivity contribution is 7.74. The van der Waals surface area contributed by atoms with Gasteiger partial charge in [0, 0.05) is 5.92 Å². The van der Waals surface area contributed by atoms with Gasteiger partial charge in [0.2, 0.25) is 0 Å². The van der Waals surface area contributed by atoms with Crippen molar-refractivity contribution in [3.05, 3.63) is 0 Å². The molecule has 0 radical (unpaired) electrons. The smallest absolute Gasteiger partial charge is 0.150 e. The van der Waals surface area contributed by atoms with Crippen molar-refractivity contribution < 1.29 is 4.89 Å². The van der Waals surface area contributed by atoms with Crippen LogP contribution in [0.15, 0.2) is 0 Å². The zero-order valence-corrected chi connectivity index (χ0v) is 9.37. The molecule has 0 atom stereocenters. The van der Waals surface area contributed by atoms with Crippen molar-refractivity contribution in [1.29, 1.82) is 0 Å². The molecule has 0 aliphatic carbocycles. The van der Waals surface area contributed by atoms with E-state index in [0.717, 1.165) is 0 Å². The van der Waals surface area contributed by atoms with Crippen LogP contribution in [-0.2, 0) is 0 Å². The molecule has 1 nitrogen and oxygen atoms in total. The van der Waals surface area contributed by atoms with E-state index in [2.05, 4.69) is 41.3 Å². The van der Waals surface area contributed by atoms with Crippen molar-refractivity contribution in [1.82, 2.24) is 0 Å². The molecule has 0 saturated carbocycles. The van der Waals surface area contributed by atoms with Gasteiger partial charge in [-0.3, -0.25) is 4.89 Å². The lowest BCUT2D eigenvalue weighted by molar-refractivity contribution is 0.252. The van der Waals surface area contributed by atoms with Crippen molar-refractivity contribution in [3.8, 4) is 0 Å². The number of hydrogen-bond acceptors (Lipinski definition) is 1. The normalized spacial score (nSPS) is 46.6. The molecular formula is C9H20OP+. The van der Waals surface area contributed by atoms with E-state index in [1.807, 2.05) is 0 Å². The maximum atomic E-state index is 10.3. The van der Waals surface area contributed by atoms with Gasteiger partial charge >= 0.3 is 0 Å². The van der Waals surface area contributed by atoms with Crippen LogP contribution >= 0.6 is 7.49 Å². The average Bonchev–Trinajstić information content (AvgIpc) is 1.84. The van der Waals surface area contributed by atoms with Gasteiger partial charge in [-0.1, -0.05) is 6.92 Å². The van der Waals surface area contributed by atoms with Gasteiger partial charge in [-0.2, -0.15) is 0 Å². The third-order valence-corrected chi connectivity index (χ3v) is 9.63. The zero-order chi connectivity index (χ0) is 9.08. The lowest BCUT2D eigenvalue weighted by Gasteiger charge is -2.59. The minimum absolute atomic E-state index is 0.177. The minimum Gasteiger partial charge on any atom is -0.251 e. The fraction of sp³-hybridized carbons (Fsp3) is 1.00. The predicted molar refractivity (Wildman–Crippen MR) is 52.4 cm³/mol. The monoisotopic (exact) mass is 175 g/mol. The zero-order valence-electron chi connectivity index (χ0n) is 8.47. The summed E-state index contributed by atoms with van der Waals surface area (Å²) in [7, 11) is -1.68. The summed E-state index contributed by atoms with van der Waals surface area (Å²) in [6.45, 7) is 13.1. The van der Waals surface area contributed by atoms with E-state index in [1.165, 1.54) is 0 Å². The highest BCUT2D eigenvalue weighted by Gasteiger charge is 2.75. The maximum absolute atomic E-state index is 10.3. The van der Waals surface area contributed by atoms with E-state index in [9.17, 15) is 4.89 Å². The van der Waals surface area contributed by atoms with Crippen LogP contribution in [-0.4, -0.2) is 21.9 Å². The Hall–Kier alpha value is 0.390. The molecule has 1 aliphatic rings. The molecular weight excluding hydrogens is 155 g/mol. The van der Waals surface area contributed by atoms with E-state index in [-0.39, 0.29) is 10.3 Å². The van der Waals surface area contributed by atoms with E-state index < -0.39 is 7.49 Å². The second-order valence-corrected chi connectivity index (χ2v) is 9.21. The quantitative estimate of drug-likeness (QED) is 0.561. The van der Waals surface area contributed by atoms with Crippen LogP contribution in [0.1, 0.15) is 34.6 Å². The fourth-order valence-electron chi connectivity index (χ4n) is 2.30. The van der Waals surface area contributed by atoms with Gasteiger partial charge in [-0.05, 0) is 27.7 Å². The Labute approximate surface area is 70.6 Å². The molecule has 2 heteroatoms. The van der Waals surface area contributed by atoms with Gasteiger partial charge in [0.1, 0.15) is 10.3 Å². The Morgan fingerprint density at radius 3 is 1.45 bits per heavy atom. The molecule has 1 aliphatic heterocycles. The third kappa shape index (κ3) is 0.792. The SMILES string of the molecule is CC1C(C)(C)[P+](C)(O)C1(C)C. The number of hydrogen-bond donors (Lipinski definition) is 1. The molecule has 0 aromatic carbocycles. The molecule has 1 heterocycles. The highest BCUT2D eigenvalue weighted by Crippen LogP contribution is 2.85. The van der Waals surface area contributed by atoms with Crippen molar-refractivity contribution >= 4 is 7.49 Å². The largest absolute Gasteiger partial charge is 0.251 e. The standard InChI is InChI=1S/C9H20OP/c1-7-8(2,3)11(6,10)9(7,4)5/h7,10H,1-6H3/q+1. The van der Waals surface area contributed by atoms with Crippen molar-refractivity contribution in [2.24, 2.45) is 5.92 Å². The molecule has 0 spiro atoms. The molecule has 0 bridgehead atoms.